The standard InChI is InChI=1S/C12H13IO2/c1-9-4-2-3-5-11(9)10(6-7-13)8-12(14)15/h2-7,10H,8H2,1H3,(H,14,15). The predicted molar refractivity (Wildman–Crippen MR) is 69.3 cm³/mol. The van der Waals surface area contributed by atoms with E-state index < -0.39 is 5.97 Å². The van der Waals surface area contributed by atoms with E-state index in [2.05, 4.69) is 22.6 Å². The van der Waals surface area contributed by atoms with E-state index in [1.54, 1.807) is 0 Å². The quantitative estimate of drug-likeness (QED) is 0.863. The van der Waals surface area contributed by atoms with Crippen molar-refractivity contribution in [3.63, 3.8) is 0 Å². The van der Waals surface area contributed by atoms with E-state index in [0.29, 0.717) is 0 Å². The second-order valence-electron chi connectivity index (χ2n) is 3.38. The fraction of sp³-hybridized carbons (Fsp3) is 0.250. The molecular formula is C12H13IO2. The van der Waals surface area contributed by atoms with Crippen molar-refractivity contribution in [2.24, 2.45) is 0 Å². The number of rotatable bonds is 4. The molecule has 0 aliphatic rings. The first-order valence-corrected chi connectivity index (χ1v) is 5.94. The Morgan fingerprint density at radius 2 is 2.20 bits per heavy atom. The molecule has 0 heterocycles. The molecule has 3 heteroatoms. The van der Waals surface area contributed by atoms with Crippen LogP contribution in [-0.2, 0) is 4.79 Å². The molecule has 0 aliphatic carbocycles. The third-order valence-corrected chi connectivity index (χ3v) is 2.70. The average molecular weight is 316 g/mol. The van der Waals surface area contributed by atoms with Crippen LogP contribution in [0.1, 0.15) is 23.5 Å². The third-order valence-electron chi connectivity index (χ3n) is 2.29. The molecule has 0 spiro atoms. The molecule has 0 bridgehead atoms. The number of carboxylic acid groups (broad SMARTS) is 1. The molecule has 0 saturated heterocycles. The Morgan fingerprint density at radius 1 is 1.53 bits per heavy atom. The number of halogens is 1. The Labute approximate surface area is 103 Å². The van der Waals surface area contributed by atoms with Gasteiger partial charge in [0.2, 0.25) is 0 Å². The Bertz CT molecular complexity index is 372. The van der Waals surface area contributed by atoms with Crippen LogP contribution in [0.25, 0.3) is 0 Å². The molecule has 1 atom stereocenters. The van der Waals surface area contributed by atoms with Crippen LogP contribution < -0.4 is 0 Å². The van der Waals surface area contributed by atoms with Gasteiger partial charge in [-0.2, -0.15) is 0 Å². The second-order valence-corrected chi connectivity index (χ2v) is 4.10. The molecule has 1 unspecified atom stereocenters. The molecule has 1 N–H and O–H groups in total. The highest BCUT2D eigenvalue weighted by molar-refractivity contribution is 14.1. The van der Waals surface area contributed by atoms with Gasteiger partial charge in [-0.25, -0.2) is 0 Å². The van der Waals surface area contributed by atoms with E-state index >= 15 is 0 Å². The number of carbonyl (C=O) groups is 1. The Hall–Kier alpha value is -0.840. The number of hydrogen-bond acceptors (Lipinski definition) is 1. The van der Waals surface area contributed by atoms with Crippen molar-refractivity contribution in [1.82, 2.24) is 0 Å². The summed E-state index contributed by atoms with van der Waals surface area (Å²) < 4.78 is 1.87. The summed E-state index contributed by atoms with van der Waals surface area (Å²) in [5.41, 5.74) is 2.23. The second kappa shape index (κ2) is 5.90. The molecular weight excluding hydrogens is 303 g/mol. The van der Waals surface area contributed by atoms with Crippen molar-refractivity contribution in [3.8, 4) is 0 Å². The summed E-state index contributed by atoms with van der Waals surface area (Å²) in [5, 5.41) is 8.83. The first kappa shape index (κ1) is 12.2. The molecule has 0 fully saturated rings. The summed E-state index contributed by atoms with van der Waals surface area (Å²) in [6.07, 6.45) is 2.07. The minimum Gasteiger partial charge on any atom is -0.481 e. The van der Waals surface area contributed by atoms with Gasteiger partial charge in [0.05, 0.1) is 6.42 Å². The lowest BCUT2D eigenvalue weighted by atomic mass is 9.92. The molecule has 80 valence electrons. The largest absolute Gasteiger partial charge is 0.481 e. The van der Waals surface area contributed by atoms with E-state index in [-0.39, 0.29) is 12.3 Å². The molecule has 0 aromatic heterocycles. The fourth-order valence-electron chi connectivity index (χ4n) is 1.56. The maximum Gasteiger partial charge on any atom is 0.304 e. The van der Waals surface area contributed by atoms with Gasteiger partial charge in [0.25, 0.3) is 0 Å². The highest BCUT2D eigenvalue weighted by Gasteiger charge is 2.13. The SMILES string of the molecule is Cc1ccccc1C(C=CI)CC(=O)O. The third kappa shape index (κ3) is 3.66. The smallest absolute Gasteiger partial charge is 0.304 e. The number of aliphatic carboxylic acids is 1. The van der Waals surface area contributed by atoms with Crippen molar-refractivity contribution < 1.29 is 9.90 Å². The van der Waals surface area contributed by atoms with Crippen LogP contribution in [-0.4, -0.2) is 11.1 Å². The number of benzene rings is 1. The molecule has 0 radical (unpaired) electrons. The zero-order valence-electron chi connectivity index (χ0n) is 8.48. The van der Waals surface area contributed by atoms with E-state index in [0.717, 1.165) is 11.1 Å². The van der Waals surface area contributed by atoms with Crippen molar-refractivity contribution in [1.29, 1.82) is 0 Å². The van der Waals surface area contributed by atoms with Crippen LogP contribution in [0.3, 0.4) is 0 Å². The highest BCUT2D eigenvalue weighted by atomic mass is 127. The lowest BCUT2D eigenvalue weighted by Gasteiger charge is -2.13. The highest BCUT2D eigenvalue weighted by Crippen LogP contribution is 2.24. The van der Waals surface area contributed by atoms with Gasteiger partial charge in [-0.1, -0.05) is 52.9 Å². The molecule has 1 aromatic rings. The minimum atomic E-state index is -0.766. The van der Waals surface area contributed by atoms with Crippen LogP contribution >= 0.6 is 22.6 Å². The van der Waals surface area contributed by atoms with Crippen molar-refractivity contribution in [2.75, 3.05) is 0 Å². The normalized spacial score (nSPS) is 12.9. The summed E-state index contributed by atoms with van der Waals surface area (Å²) >= 11 is 2.11. The molecule has 0 saturated carbocycles. The number of hydrogen-bond donors (Lipinski definition) is 1. The summed E-state index contributed by atoms with van der Waals surface area (Å²) in [6, 6.07) is 7.90. The van der Waals surface area contributed by atoms with Gasteiger partial charge in [-0.05, 0) is 22.1 Å². The van der Waals surface area contributed by atoms with Gasteiger partial charge in [-0.15, -0.1) is 0 Å². The van der Waals surface area contributed by atoms with E-state index in [1.807, 2.05) is 41.3 Å². The fourth-order valence-corrected chi connectivity index (χ4v) is 2.06. The van der Waals surface area contributed by atoms with Crippen LogP contribution in [0.2, 0.25) is 0 Å². The van der Waals surface area contributed by atoms with E-state index in [4.69, 9.17) is 5.11 Å². The van der Waals surface area contributed by atoms with Crippen LogP contribution in [0.15, 0.2) is 34.4 Å². The van der Waals surface area contributed by atoms with Crippen LogP contribution in [0, 0.1) is 6.92 Å². The molecule has 15 heavy (non-hydrogen) atoms. The van der Waals surface area contributed by atoms with Gasteiger partial charge in [0, 0.05) is 5.92 Å². The maximum atomic E-state index is 10.7. The Morgan fingerprint density at radius 3 is 2.73 bits per heavy atom. The summed E-state index contributed by atoms with van der Waals surface area (Å²) in [5.74, 6) is -0.793. The lowest BCUT2D eigenvalue weighted by molar-refractivity contribution is -0.137. The summed E-state index contributed by atoms with van der Waals surface area (Å²) in [7, 11) is 0. The van der Waals surface area contributed by atoms with Gasteiger partial charge < -0.3 is 5.11 Å². The lowest BCUT2D eigenvalue weighted by Crippen LogP contribution is -2.05. The predicted octanol–water partition coefficient (Wildman–Crippen LogP) is 3.50. The van der Waals surface area contributed by atoms with E-state index in [1.165, 1.54) is 0 Å². The Balaban J connectivity index is 2.98. The number of allylic oxidation sites excluding steroid dienone is 1. The van der Waals surface area contributed by atoms with Gasteiger partial charge in [0.15, 0.2) is 0 Å². The number of carboxylic acids is 1. The molecule has 0 amide bonds. The van der Waals surface area contributed by atoms with E-state index in [9.17, 15) is 4.79 Å². The maximum absolute atomic E-state index is 10.7. The Kier molecular flexibility index (Phi) is 4.81. The van der Waals surface area contributed by atoms with Crippen LogP contribution in [0.4, 0.5) is 0 Å². The molecule has 0 aliphatic heterocycles. The molecule has 1 aromatic carbocycles. The van der Waals surface area contributed by atoms with Gasteiger partial charge in [0.1, 0.15) is 0 Å². The summed E-state index contributed by atoms with van der Waals surface area (Å²) in [6.45, 7) is 2.01. The van der Waals surface area contributed by atoms with Crippen molar-refractivity contribution in [3.05, 3.63) is 45.6 Å². The zero-order chi connectivity index (χ0) is 11.3. The van der Waals surface area contributed by atoms with Gasteiger partial charge in [-0.3, -0.25) is 4.79 Å². The minimum absolute atomic E-state index is 0.0272. The summed E-state index contributed by atoms with van der Waals surface area (Å²) in [4.78, 5) is 10.7. The first-order valence-electron chi connectivity index (χ1n) is 4.69. The first-order chi connectivity index (χ1) is 7.15. The zero-order valence-corrected chi connectivity index (χ0v) is 10.6. The van der Waals surface area contributed by atoms with Crippen LogP contribution in [0.5, 0.6) is 0 Å². The van der Waals surface area contributed by atoms with Crippen molar-refractivity contribution >= 4 is 28.6 Å². The number of aryl methyl sites for hydroxylation is 1. The monoisotopic (exact) mass is 316 g/mol. The average Bonchev–Trinajstić information content (AvgIpc) is 2.17. The molecule has 2 nitrogen and oxygen atoms in total. The van der Waals surface area contributed by atoms with Gasteiger partial charge >= 0.3 is 5.97 Å². The van der Waals surface area contributed by atoms with Crippen molar-refractivity contribution in [2.45, 2.75) is 19.3 Å². The topological polar surface area (TPSA) is 37.3 Å². The molecule has 1 rings (SSSR count).